The highest BCUT2D eigenvalue weighted by atomic mass is 32.2. The Morgan fingerprint density at radius 2 is 1.77 bits per heavy atom. The number of furan rings is 1. The average Bonchev–Trinajstić information content (AvgIpc) is 3.27. The van der Waals surface area contributed by atoms with Gasteiger partial charge in [-0.25, -0.2) is 4.98 Å². The summed E-state index contributed by atoms with van der Waals surface area (Å²) in [6.45, 7) is 8.36. The second kappa shape index (κ2) is 8.52. The van der Waals surface area contributed by atoms with Crippen LogP contribution in [-0.2, 0) is 4.79 Å². The van der Waals surface area contributed by atoms with Crippen LogP contribution in [-0.4, -0.2) is 58.5 Å². The number of fused-ring (bicyclic) bond motifs is 1. The maximum Gasteiger partial charge on any atom is 0.289 e. The molecular weight excluding hydrogens is 398 g/mol. The van der Waals surface area contributed by atoms with Crippen molar-refractivity contribution in [1.29, 1.82) is 0 Å². The number of amides is 2. The van der Waals surface area contributed by atoms with Crippen LogP contribution >= 0.6 is 11.8 Å². The summed E-state index contributed by atoms with van der Waals surface area (Å²) >= 11 is 1.47. The fourth-order valence-corrected chi connectivity index (χ4v) is 4.70. The molecule has 6 nitrogen and oxygen atoms in total. The lowest BCUT2D eigenvalue weighted by atomic mass is 10.0. The monoisotopic (exact) mass is 423 g/mol. The van der Waals surface area contributed by atoms with Crippen LogP contribution in [0.15, 0.2) is 46.0 Å². The van der Waals surface area contributed by atoms with Gasteiger partial charge in [0.15, 0.2) is 5.76 Å². The third-order valence-electron chi connectivity index (χ3n) is 5.43. The Hall–Kier alpha value is -2.80. The molecule has 30 heavy (non-hydrogen) atoms. The second-order valence-electron chi connectivity index (χ2n) is 7.69. The fourth-order valence-electron chi connectivity index (χ4n) is 3.83. The molecule has 1 aromatic carbocycles. The number of pyridine rings is 1. The summed E-state index contributed by atoms with van der Waals surface area (Å²) in [5, 5.41) is 2.03. The van der Waals surface area contributed by atoms with Crippen LogP contribution in [0.3, 0.4) is 0 Å². The molecule has 0 aliphatic carbocycles. The predicted octanol–water partition coefficient (Wildman–Crippen LogP) is 3.83. The number of thioether (sulfide) groups is 1. The largest absolute Gasteiger partial charge is 0.459 e. The molecule has 4 rings (SSSR count). The Bertz CT molecular complexity index is 1090. The van der Waals surface area contributed by atoms with E-state index in [0.717, 1.165) is 16.1 Å². The van der Waals surface area contributed by atoms with Crippen molar-refractivity contribution in [1.82, 2.24) is 14.8 Å². The van der Waals surface area contributed by atoms with Crippen LogP contribution in [0, 0.1) is 20.8 Å². The molecule has 0 saturated carbocycles. The van der Waals surface area contributed by atoms with Gasteiger partial charge in [-0.2, -0.15) is 0 Å². The Kier molecular flexibility index (Phi) is 5.81. The summed E-state index contributed by atoms with van der Waals surface area (Å²) < 4.78 is 5.18. The maximum absolute atomic E-state index is 12.7. The summed E-state index contributed by atoms with van der Waals surface area (Å²) in [6, 6.07) is 9.72. The third kappa shape index (κ3) is 4.21. The number of piperazine rings is 1. The van der Waals surface area contributed by atoms with Gasteiger partial charge in [-0.15, -0.1) is 0 Å². The standard InChI is InChI=1S/C23H25N3O3S/c1-15-11-17(3)22-18(12-15)16(2)13-20(24-22)30-14-21(27)25-6-8-26(9-7-25)23(28)19-5-4-10-29-19/h4-5,10-13H,6-9,14H2,1-3H3. The smallest absolute Gasteiger partial charge is 0.289 e. The number of hydrogen-bond acceptors (Lipinski definition) is 5. The Morgan fingerprint density at radius 3 is 2.47 bits per heavy atom. The van der Waals surface area contributed by atoms with Gasteiger partial charge in [-0.05, 0) is 56.2 Å². The van der Waals surface area contributed by atoms with Gasteiger partial charge in [0.2, 0.25) is 5.91 Å². The summed E-state index contributed by atoms with van der Waals surface area (Å²) in [4.78, 5) is 33.4. The van der Waals surface area contributed by atoms with Crippen molar-refractivity contribution in [2.45, 2.75) is 25.8 Å². The summed E-state index contributed by atoms with van der Waals surface area (Å²) in [6.07, 6.45) is 1.50. The Balaban J connectivity index is 1.36. The number of nitrogens with zero attached hydrogens (tertiary/aromatic N) is 3. The molecule has 156 valence electrons. The lowest BCUT2D eigenvalue weighted by Crippen LogP contribution is -2.51. The average molecular weight is 424 g/mol. The molecule has 0 unspecified atom stereocenters. The first kappa shape index (κ1) is 20.5. The second-order valence-corrected chi connectivity index (χ2v) is 8.69. The van der Waals surface area contributed by atoms with E-state index in [0.29, 0.717) is 37.7 Å². The van der Waals surface area contributed by atoms with Gasteiger partial charge in [0.1, 0.15) is 0 Å². The van der Waals surface area contributed by atoms with Crippen molar-refractivity contribution < 1.29 is 14.0 Å². The van der Waals surface area contributed by atoms with Gasteiger partial charge in [-0.1, -0.05) is 23.4 Å². The van der Waals surface area contributed by atoms with E-state index in [1.54, 1.807) is 17.0 Å². The maximum atomic E-state index is 12.7. The minimum Gasteiger partial charge on any atom is -0.459 e. The van der Waals surface area contributed by atoms with E-state index in [9.17, 15) is 9.59 Å². The third-order valence-corrected chi connectivity index (χ3v) is 6.32. The molecule has 0 spiro atoms. The van der Waals surface area contributed by atoms with E-state index in [-0.39, 0.29) is 11.8 Å². The zero-order valence-corrected chi connectivity index (χ0v) is 18.3. The number of benzene rings is 1. The van der Waals surface area contributed by atoms with Crippen LogP contribution in [0.25, 0.3) is 10.9 Å². The van der Waals surface area contributed by atoms with Crippen molar-refractivity contribution in [2.24, 2.45) is 0 Å². The number of hydrogen-bond donors (Lipinski definition) is 0. The molecule has 0 radical (unpaired) electrons. The van der Waals surface area contributed by atoms with E-state index in [1.165, 1.54) is 34.5 Å². The highest BCUT2D eigenvalue weighted by Crippen LogP contribution is 2.27. The molecule has 1 fully saturated rings. The molecule has 0 bridgehead atoms. The van der Waals surface area contributed by atoms with Gasteiger partial charge >= 0.3 is 0 Å². The number of rotatable bonds is 4. The SMILES string of the molecule is Cc1cc(C)c2nc(SCC(=O)N3CCN(C(=O)c4ccco4)CC3)cc(C)c2c1. The van der Waals surface area contributed by atoms with Crippen molar-refractivity contribution in [3.05, 3.63) is 59.0 Å². The van der Waals surface area contributed by atoms with Gasteiger partial charge in [0.05, 0.1) is 22.6 Å². The Morgan fingerprint density at radius 1 is 1.03 bits per heavy atom. The Labute approximate surface area is 180 Å². The fraction of sp³-hybridized carbons (Fsp3) is 0.348. The molecule has 0 atom stereocenters. The van der Waals surface area contributed by atoms with E-state index in [4.69, 9.17) is 9.40 Å². The van der Waals surface area contributed by atoms with Gasteiger partial charge in [-0.3, -0.25) is 9.59 Å². The van der Waals surface area contributed by atoms with E-state index < -0.39 is 0 Å². The van der Waals surface area contributed by atoms with Gasteiger partial charge in [0, 0.05) is 31.6 Å². The summed E-state index contributed by atoms with van der Waals surface area (Å²) in [5.74, 6) is 0.636. The minimum atomic E-state index is -0.122. The first-order chi connectivity index (χ1) is 14.4. The van der Waals surface area contributed by atoms with Crippen LogP contribution in [0.2, 0.25) is 0 Å². The number of aryl methyl sites for hydroxylation is 3. The van der Waals surface area contributed by atoms with Crippen molar-refractivity contribution in [3.63, 3.8) is 0 Å². The molecule has 0 N–H and O–H groups in total. The summed E-state index contributed by atoms with van der Waals surface area (Å²) in [5.41, 5.74) is 4.55. The minimum absolute atomic E-state index is 0.0743. The van der Waals surface area contributed by atoms with Crippen molar-refractivity contribution in [3.8, 4) is 0 Å². The first-order valence-corrected chi connectivity index (χ1v) is 11.0. The van der Waals surface area contributed by atoms with Crippen molar-refractivity contribution in [2.75, 3.05) is 31.9 Å². The van der Waals surface area contributed by atoms with Crippen LogP contribution in [0.4, 0.5) is 0 Å². The molecule has 7 heteroatoms. The lowest BCUT2D eigenvalue weighted by Gasteiger charge is -2.34. The molecule has 3 heterocycles. The zero-order valence-electron chi connectivity index (χ0n) is 17.5. The zero-order chi connectivity index (χ0) is 21.3. The normalized spacial score (nSPS) is 14.4. The van der Waals surface area contributed by atoms with Gasteiger partial charge < -0.3 is 14.2 Å². The summed E-state index contributed by atoms with van der Waals surface area (Å²) in [7, 11) is 0. The molecule has 3 aromatic rings. The van der Waals surface area contributed by atoms with Gasteiger partial charge in [0.25, 0.3) is 5.91 Å². The molecule has 1 aliphatic rings. The van der Waals surface area contributed by atoms with Crippen LogP contribution in [0.5, 0.6) is 0 Å². The molecule has 1 saturated heterocycles. The highest BCUT2D eigenvalue weighted by molar-refractivity contribution is 7.99. The quantitative estimate of drug-likeness (QED) is 0.597. The number of aromatic nitrogens is 1. The lowest BCUT2D eigenvalue weighted by molar-refractivity contribution is -0.129. The van der Waals surface area contributed by atoms with E-state index in [2.05, 4.69) is 39.0 Å². The molecule has 1 aliphatic heterocycles. The predicted molar refractivity (Wildman–Crippen MR) is 118 cm³/mol. The van der Waals surface area contributed by atoms with Crippen LogP contribution in [0.1, 0.15) is 27.2 Å². The molecular formula is C23H25N3O3S. The topological polar surface area (TPSA) is 66.7 Å². The molecule has 2 amide bonds. The highest BCUT2D eigenvalue weighted by Gasteiger charge is 2.26. The van der Waals surface area contributed by atoms with Crippen molar-refractivity contribution >= 4 is 34.5 Å². The number of carbonyl (C=O) groups excluding carboxylic acids is 2. The number of carbonyl (C=O) groups is 2. The van der Waals surface area contributed by atoms with Crippen LogP contribution < -0.4 is 0 Å². The van der Waals surface area contributed by atoms with E-state index >= 15 is 0 Å². The van der Waals surface area contributed by atoms with E-state index in [1.807, 2.05) is 4.90 Å². The molecule has 2 aromatic heterocycles. The first-order valence-electron chi connectivity index (χ1n) is 10.0.